The number of nitrogens with one attached hydrogen (secondary N) is 1. The molecule has 2 heterocycles. The van der Waals surface area contributed by atoms with Crippen molar-refractivity contribution >= 4 is 11.8 Å². The summed E-state index contributed by atoms with van der Waals surface area (Å²) in [4.78, 5) is 29.8. The minimum Gasteiger partial charge on any atom is -0.352 e. The predicted octanol–water partition coefficient (Wildman–Crippen LogP) is 2.55. The van der Waals surface area contributed by atoms with Crippen molar-refractivity contribution in [1.82, 2.24) is 15.1 Å². The largest absolute Gasteiger partial charge is 0.352 e. The quantitative estimate of drug-likeness (QED) is 0.849. The first kappa shape index (κ1) is 18.7. The van der Waals surface area contributed by atoms with Gasteiger partial charge in [0, 0.05) is 25.7 Å². The molecule has 3 fully saturated rings. The van der Waals surface area contributed by atoms with Gasteiger partial charge in [-0.15, -0.1) is 0 Å². The fourth-order valence-corrected chi connectivity index (χ4v) is 4.67. The second kappa shape index (κ2) is 9.02. The second-order valence-corrected chi connectivity index (χ2v) is 8.24. The Morgan fingerprint density at radius 2 is 1.56 bits per heavy atom. The van der Waals surface area contributed by atoms with E-state index in [0.717, 1.165) is 64.7 Å². The van der Waals surface area contributed by atoms with Gasteiger partial charge < -0.3 is 10.2 Å². The molecule has 25 heavy (non-hydrogen) atoms. The summed E-state index contributed by atoms with van der Waals surface area (Å²) in [5.41, 5.74) is 0. The molecule has 1 N–H and O–H groups in total. The Morgan fingerprint density at radius 3 is 2.24 bits per heavy atom. The third kappa shape index (κ3) is 4.96. The molecular formula is C20H35N3O2. The fraction of sp³-hybridized carbons (Fsp3) is 0.900. The molecule has 2 unspecified atom stereocenters. The van der Waals surface area contributed by atoms with Crippen molar-refractivity contribution in [3.8, 4) is 0 Å². The van der Waals surface area contributed by atoms with E-state index in [1.54, 1.807) is 0 Å². The van der Waals surface area contributed by atoms with Crippen LogP contribution in [0.4, 0.5) is 0 Å². The van der Waals surface area contributed by atoms with Gasteiger partial charge in [0.2, 0.25) is 11.8 Å². The zero-order chi connectivity index (χ0) is 17.6. The van der Waals surface area contributed by atoms with Crippen LogP contribution < -0.4 is 5.32 Å². The molecule has 2 aliphatic heterocycles. The number of hydrogen-bond donors (Lipinski definition) is 1. The highest BCUT2D eigenvalue weighted by Crippen LogP contribution is 2.23. The van der Waals surface area contributed by atoms with E-state index in [1.165, 1.54) is 25.7 Å². The molecular weight excluding hydrogens is 314 g/mol. The number of hydrogen-bond acceptors (Lipinski definition) is 3. The summed E-state index contributed by atoms with van der Waals surface area (Å²) >= 11 is 0. The first-order valence-electron chi connectivity index (χ1n) is 10.5. The van der Waals surface area contributed by atoms with E-state index in [1.807, 2.05) is 6.92 Å². The summed E-state index contributed by atoms with van der Waals surface area (Å²) in [6, 6.07) is 0.245. The molecule has 3 aliphatic rings. The monoisotopic (exact) mass is 349 g/mol. The third-order valence-corrected chi connectivity index (χ3v) is 6.35. The molecule has 2 saturated heterocycles. The highest BCUT2D eigenvalue weighted by molar-refractivity contribution is 5.82. The van der Waals surface area contributed by atoms with Gasteiger partial charge in [0.25, 0.3) is 0 Å². The highest BCUT2D eigenvalue weighted by atomic mass is 16.2. The third-order valence-electron chi connectivity index (χ3n) is 6.35. The molecule has 3 rings (SSSR count). The van der Waals surface area contributed by atoms with Gasteiger partial charge in [-0.1, -0.05) is 25.7 Å². The summed E-state index contributed by atoms with van der Waals surface area (Å²) in [5, 5.41) is 3.22. The number of carbonyl (C=O) groups excluding carboxylic acids is 2. The lowest BCUT2D eigenvalue weighted by Gasteiger charge is -2.37. The van der Waals surface area contributed by atoms with E-state index in [2.05, 4.69) is 15.1 Å². The van der Waals surface area contributed by atoms with Crippen molar-refractivity contribution in [2.24, 2.45) is 5.92 Å². The van der Waals surface area contributed by atoms with E-state index in [4.69, 9.17) is 0 Å². The molecule has 1 aliphatic carbocycles. The van der Waals surface area contributed by atoms with Gasteiger partial charge in [0.15, 0.2) is 0 Å². The lowest BCUT2D eigenvalue weighted by molar-refractivity contribution is -0.139. The molecule has 5 nitrogen and oxygen atoms in total. The number of likely N-dealkylation sites (tertiary alicyclic amines) is 2. The number of rotatable bonds is 4. The Balaban J connectivity index is 1.52. The van der Waals surface area contributed by atoms with E-state index in [-0.39, 0.29) is 17.9 Å². The van der Waals surface area contributed by atoms with Crippen LogP contribution in [0.3, 0.4) is 0 Å². The lowest BCUT2D eigenvalue weighted by atomic mass is 9.95. The van der Waals surface area contributed by atoms with Crippen LogP contribution >= 0.6 is 0 Å². The SMILES string of the molecule is CC(C(=O)NC1CCCC1)N1CCCC(C(=O)N2CCCCCC2)C1. The van der Waals surface area contributed by atoms with Crippen LogP contribution in [0.5, 0.6) is 0 Å². The van der Waals surface area contributed by atoms with Gasteiger partial charge in [-0.25, -0.2) is 0 Å². The van der Waals surface area contributed by atoms with Gasteiger partial charge >= 0.3 is 0 Å². The van der Waals surface area contributed by atoms with Crippen LogP contribution in [-0.4, -0.2) is 59.9 Å². The Morgan fingerprint density at radius 1 is 0.880 bits per heavy atom. The standard InChI is InChI=1S/C20H35N3O2/c1-16(19(24)21-18-10-4-5-11-18)23-14-8-9-17(15-23)20(25)22-12-6-2-3-7-13-22/h16-18H,2-15H2,1H3,(H,21,24). The predicted molar refractivity (Wildman–Crippen MR) is 99.2 cm³/mol. The zero-order valence-corrected chi connectivity index (χ0v) is 15.8. The van der Waals surface area contributed by atoms with Crippen molar-refractivity contribution in [3.05, 3.63) is 0 Å². The van der Waals surface area contributed by atoms with Crippen LogP contribution in [0.15, 0.2) is 0 Å². The van der Waals surface area contributed by atoms with Gasteiger partial charge in [-0.2, -0.15) is 0 Å². The summed E-state index contributed by atoms with van der Waals surface area (Å²) in [7, 11) is 0. The maximum Gasteiger partial charge on any atom is 0.237 e. The Kier molecular flexibility index (Phi) is 6.74. The summed E-state index contributed by atoms with van der Waals surface area (Å²) < 4.78 is 0. The molecule has 1 saturated carbocycles. The lowest BCUT2D eigenvalue weighted by Crippen LogP contribution is -2.53. The summed E-state index contributed by atoms with van der Waals surface area (Å²) in [6.07, 6.45) is 11.5. The van der Waals surface area contributed by atoms with Crippen LogP contribution in [0.25, 0.3) is 0 Å². The van der Waals surface area contributed by atoms with E-state index in [0.29, 0.717) is 11.9 Å². The molecule has 0 spiro atoms. The van der Waals surface area contributed by atoms with Crippen LogP contribution in [0.2, 0.25) is 0 Å². The molecule has 2 amide bonds. The van der Waals surface area contributed by atoms with Gasteiger partial charge in [0.05, 0.1) is 12.0 Å². The summed E-state index contributed by atoms with van der Waals surface area (Å²) in [5.74, 6) is 0.554. The van der Waals surface area contributed by atoms with E-state index >= 15 is 0 Å². The number of carbonyl (C=O) groups is 2. The minimum absolute atomic E-state index is 0.0774. The topological polar surface area (TPSA) is 52.7 Å². The molecule has 0 aromatic rings. The molecule has 0 aromatic carbocycles. The Bertz CT molecular complexity index is 454. The fourth-order valence-electron chi connectivity index (χ4n) is 4.67. The maximum absolute atomic E-state index is 12.9. The summed E-state index contributed by atoms with van der Waals surface area (Å²) in [6.45, 7) is 5.53. The highest BCUT2D eigenvalue weighted by Gasteiger charge is 2.33. The maximum atomic E-state index is 12.9. The molecule has 2 atom stereocenters. The van der Waals surface area contributed by atoms with E-state index < -0.39 is 0 Å². The molecule has 0 aromatic heterocycles. The average Bonchev–Trinajstić information content (AvgIpc) is 2.99. The van der Waals surface area contributed by atoms with Crippen LogP contribution in [0, 0.1) is 5.92 Å². The normalized spacial score (nSPS) is 27.7. The first-order valence-corrected chi connectivity index (χ1v) is 10.5. The molecule has 5 heteroatoms. The van der Waals surface area contributed by atoms with Gasteiger partial charge in [-0.3, -0.25) is 14.5 Å². The first-order chi connectivity index (χ1) is 12.1. The van der Waals surface area contributed by atoms with Gasteiger partial charge in [0.1, 0.15) is 0 Å². The van der Waals surface area contributed by atoms with Crippen molar-refractivity contribution < 1.29 is 9.59 Å². The van der Waals surface area contributed by atoms with Crippen LogP contribution in [-0.2, 0) is 9.59 Å². The van der Waals surface area contributed by atoms with Crippen LogP contribution in [0.1, 0.15) is 71.1 Å². The van der Waals surface area contributed by atoms with Crippen molar-refractivity contribution in [1.29, 1.82) is 0 Å². The second-order valence-electron chi connectivity index (χ2n) is 8.24. The number of nitrogens with zero attached hydrogens (tertiary/aromatic N) is 2. The van der Waals surface area contributed by atoms with Crippen molar-refractivity contribution in [2.45, 2.75) is 83.2 Å². The Hall–Kier alpha value is -1.10. The molecule has 0 bridgehead atoms. The smallest absolute Gasteiger partial charge is 0.237 e. The van der Waals surface area contributed by atoms with Gasteiger partial charge in [-0.05, 0) is 52.0 Å². The Labute approximate surface area is 152 Å². The molecule has 142 valence electrons. The number of piperidine rings is 1. The molecule has 0 radical (unpaired) electrons. The number of amides is 2. The van der Waals surface area contributed by atoms with Crippen molar-refractivity contribution in [3.63, 3.8) is 0 Å². The van der Waals surface area contributed by atoms with Crippen molar-refractivity contribution in [2.75, 3.05) is 26.2 Å². The van der Waals surface area contributed by atoms with E-state index in [9.17, 15) is 9.59 Å². The zero-order valence-electron chi connectivity index (χ0n) is 15.8. The average molecular weight is 350 g/mol. The minimum atomic E-state index is -0.125.